The van der Waals surface area contributed by atoms with Gasteiger partial charge in [0.05, 0.1) is 0 Å². The molecule has 3 rings (SSSR count). The third-order valence-corrected chi connectivity index (χ3v) is 4.79. The van der Waals surface area contributed by atoms with E-state index in [1.54, 1.807) is 54.6 Å². The number of nitriles is 1. The summed E-state index contributed by atoms with van der Waals surface area (Å²) in [5.41, 5.74) is 1.54. The van der Waals surface area contributed by atoms with Crippen LogP contribution in [0.2, 0.25) is 5.02 Å². The predicted octanol–water partition coefficient (Wildman–Crippen LogP) is 6.37. The fourth-order valence-electron chi connectivity index (χ4n) is 2.59. The van der Waals surface area contributed by atoms with Crippen LogP contribution < -0.4 is 10.1 Å². The summed E-state index contributed by atoms with van der Waals surface area (Å²) >= 11 is 9.41. The quantitative estimate of drug-likeness (QED) is 0.326. The number of benzene rings is 3. The van der Waals surface area contributed by atoms with Crippen LogP contribution in [0, 0.1) is 17.1 Å². The molecule has 4 nitrogen and oxygen atoms in total. The van der Waals surface area contributed by atoms with Crippen LogP contribution in [0.15, 0.2) is 76.8 Å². The third-order valence-electron chi connectivity index (χ3n) is 4.02. The number of hydrogen-bond donors (Lipinski definition) is 1. The standard InChI is InChI=1S/C23H15BrClFN2O2/c24-18-4-7-21(8-5-18)28-23(29)17(13-27)11-16-12-19(25)6-9-22(16)30-14-15-2-1-3-20(26)10-15/h1-12H,14H2,(H,28,29)/b17-11+. The SMILES string of the molecule is N#C/C(=C\c1cc(Cl)ccc1OCc1cccc(F)c1)C(=O)Nc1ccc(Br)cc1. The van der Waals surface area contributed by atoms with E-state index in [2.05, 4.69) is 21.2 Å². The van der Waals surface area contributed by atoms with E-state index in [0.717, 1.165) is 4.47 Å². The summed E-state index contributed by atoms with van der Waals surface area (Å²) in [5, 5.41) is 12.6. The van der Waals surface area contributed by atoms with Gasteiger partial charge in [-0.1, -0.05) is 39.7 Å². The average Bonchev–Trinajstić information content (AvgIpc) is 2.73. The zero-order chi connectivity index (χ0) is 21.5. The number of hydrogen-bond acceptors (Lipinski definition) is 3. The molecule has 0 bridgehead atoms. The fourth-order valence-corrected chi connectivity index (χ4v) is 3.03. The Hall–Kier alpha value is -3.14. The van der Waals surface area contributed by atoms with Crippen molar-refractivity contribution >= 4 is 45.2 Å². The molecule has 150 valence electrons. The summed E-state index contributed by atoms with van der Waals surface area (Å²) in [6.45, 7) is 0.118. The van der Waals surface area contributed by atoms with Gasteiger partial charge in [0.2, 0.25) is 0 Å². The molecular weight excluding hydrogens is 471 g/mol. The number of ether oxygens (including phenoxy) is 1. The second-order valence-electron chi connectivity index (χ2n) is 6.23. The van der Waals surface area contributed by atoms with E-state index in [9.17, 15) is 14.4 Å². The second kappa shape index (κ2) is 10.1. The minimum Gasteiger partial charge on any atom is -0.488 e. The maximum Gasteiger partial charge on any atom is 0.266 e. The second-order valence-corrected chi connectivity index (χ2v) is 7.58. The van der Waals surface area contributed by atoms with Crippen LogP contribution in [-0.4, -0.2) is 5.91 Å². The largest absolute Gasteiger partial charge is 0.488 e. The molecule has 3 aromatic rings. The molecule has 0 aliphatic heterocycles. The van der Waals surface area contributed by atoms with Crippen LogP contribution in [0.1, 0.15) is 11.1 Å². The molecule has 0 aromatic heterocycles. The topological polar surface area (TPSA) is 62.1 Å². The van der Waals surface area contributed by atoms with Crippen LogP contribution in [0.4, 0.5) is 10.1 Å². The fraction of sp³-hybridized carbons (Fsp3) is 0.0435. The van der Waals surface area contributed by atoms with Crippen molar-refractivity contribution < 1.29 is 13.9 Å². The number of anilines is 1. The monoisotopic (exact) mass is 484 g/mol. The number of halogens is 3. The summed E-state index contributed by atoms with van der Waals surface area (Å²) in [7, 11) is 0. The Morgan fingerprint density at radius 3 is 2.63 bits per heavy atom. The van der Waals surface area contributed by atoms with Gasteiger partial charge >= 0.3 is 0 Å². The van der Waals surface area contributed by atoms with Gasteiger partial charge in [-0.15, -0.1) is 0 Å². The molecule has 1 amide bonds. The van der Waals surface area contributed by atoms with Crippen molar-refractivity contribution in [1.82, 2.24) is 0 Å². The van der Waals surface area contributed by atoms with Gasteiger partial charge in [-0.05, 0) is 66.2 Å². The Labute approximate surface area is 186 Å². The summed E-state index contributed by atoms with van der Waals surface area (Å²) in [6.07, 6.45) is 1.40. The molecule has 30 heavy (non-hydrogen) atoms. The number of nitrogens with zero attached hydrogens (tertiary/aromatic N) is 1. The van der Waals surface area contributed by atoms with Crippen molar-refractivity contribution in [3.63, 3.8) is 0 Å². The first-order valence-corrected chi connectivity index (χ1v) is 9.97. The van der Waals surface area contributed by atoms with E-state index >= 15 is 0 Å². The number of amides is 1. The first-order chi connectivity index (χ1) is 14.4. The maximum absolute atomic E-state index is 13.4. The van der Waals surface area contributed by atoms with Crippen molar-refractivity contribution in [1.29, 1.82) is 5.26 Å². The van der Waals surface area contributed by atoms with Crippen molar-refractivity contribution in [2.75, 3.05) is 5.32 Å². The van der Waals surface area contributed by atoms with Gasteiger partial charge < -0.3 is 10.1 Å². The third kappa shape index (κ3) is 5.93. The maximum atomic E-state index is 13.4. The van der Waals surface area contributed by atoms with Crippen LogP contribution in [0.3, 0.4) is 0 Å². The van der Waals surface area contributed by atoms with Crippen molar-refractivity contribution in [3.8, 4) is 11.8 Å². The summed E-state index contributed by atoms with van der Waals surface area (Å²) in [6, 6.07) is 19.8. The minimum atomic E-state index is -0.559. The number of carbonyl (C=O) groups excluding carboxylic acids is 1. The van der Waals surface area contributed by atoms with Crippen LogP contribution in [0.5, 0.6) is 5.75 Å². The lowest BCUT2D eigenvalue weighted by Crippen LogP contribution is -2.13. The van der Waals surface area contributed by atoms with Crippen molar-refractivity contribution in [3.05, 3.63) is 98.7 Å². The Morgan fingerprint density at radius 1 is 1.17 bits per heavy atom. The lowest BCUT2D eigenvalue weighted by molar-refractivity contribution is -0.112. The van der Waals surface area contributed by atoms with Gasteiger partial charge in [0.1, 0.15) is 29.8 Å². The number of carbonyl (C=O) groups is 1. The molecule has 0 atom stereocenters. The molecule has 0 fully saturated rings. The Balaban J connectivity index is 1.82. The summed E-state index contributed by atoms with van der Waals surface area (Å²) < 4.78 is 20.0. The van der Waals surface area contributed by atoms with E-state index in [1.165, 1.54) is 18.2 Å². The molecule has 0 spiro atoms. The molecule has 0 heterocycles. The van der Waals surface area contributed by atoms with Gasteiger partial charge in [-0.2, -0.15) is 5.26 Å². The molecular formula is C23H15BrClFN2O2. The molecule has 7 heteroatoms. The van der Waals surface area contributed by atoms with Gasteiger partial charge in [0.25, 0.3) is 5.91 Å². The molecule has 0 saturated carbocycles. The van der Waals surface area contributed by atoms with E-state index in [1.807, 2.05) is 6.07 Å². The average molecular weight is 486 g/mol. The summed E-state index contributed by atoms with van der Waals surface area (Å²) in [4.78, 5) is 12.5. The molecule has 0 radical (unpaired) electrons. The van der Waals surface area contributed by atoms with E-state index in [4.69, 9.17) is 16.3 Å². The molecule has 0 aliphatic carbocycles. The van der Waals surface area contributed by atoms with E-state index in [0.29, 0.717) is 27.6 Å². The molecule has 0 aliphatic rings. The Kier molecular flexibility index (Phi) is 7.23. The molecule has 0 saturated heterocycles. The Bertz CT molecular complexity index is 1140. The Morgan fingerprint density at radius 2 is 1.93 bits per heavy atom. The molecule has 0 unspecified atom stereocenters. The first kappa shape index (κ1) is 21.6. The van der Waals surface area contributed by atoms with Crippen LogP contribution >= 0.6 is 27.5 Å². The van der Waals surface area contributed by atoms with Gasteiger partial charge in [-0.3, -0.25) is 4.79 Å². The van der Waals surface area contributed by atoms with Crippen molar-refractivity contribution in [2.24, 2.45) is 0 Å². The highest BCUT2D eigenvalue weighted by Crippen LogP contribution is 2.26. The lowest BCUT2D eigenvalue weighted by atomic mass is 10.1. The van der Waals surface area contributed by atoms with Crippen LogP contribution in [0.25, 0.3) is 6.08 Å². The smallest absolute Gasteiger partial charge is 0.266 e. The number of nitrogens with one attached hydrogen (secondary N) is 1. The highest BCUT2D eigenvalue weighted by atomic mass is 79.9. The normalized spacial score (nSPS) is 10.9. The van der Waals surface area contributed by atoms with Gasteiger partial charge in [0, 0.05) is 20.7 Å². The zero-order valence-corrected chi connectivity index (χ0v) is 17.9. The zero-order valence-electron chi connectivity index (χ0n) is 15.5. The van der Waals surface area contributed by atoms with Gasteiger partial charge in [-0.25, -0.2) is 4.39 Å². The van der Waals surface area contributed by atoms with E-state index in [-0.39, 0.29) is 18.0 Å². The highest BCUT2D eigenvalue weighted by molar-refractivity contribution is 9.10. The number of rotatable bonds is 6. The van der Waals surface area contributed by atoms with E-state index < -0.39 is 5.91 Å². The van der Waals surface area contributed by atoms with Crippen molar-refractivity contribution in [2.45, 2.75) is 6.61 Å². The summed E-state index contributed by atoms with van der Waals surface area (Å²) in [5.74, 6) is -0.507. The first-order valence-electron chi connectivity index (χ1n) is 8.80. The minimum absolute atomic E-state index is 0.115. The lowest BCUT2D eigenvalue weighted by Gasteiger charge is -2.11. The molecule has 1 N–H and O–H groups in total. The van der Waals surface area contributed by atoms with Gasteiger partial charge in [0.15, 0.2) is 0 Å². The van der Waals surface area contributed by atoms with Crippen LogP contribution in [-0.2, 0) is 11.4 Å². The highest BCUT2D eigenvalue weighted by Gasteiger charge is 2.12. The predicted molar refractivity (Wildman–Crippen MR) is 119 cm³/mol. The molecule has 3 aromatic carbocycles.